The van der Waals surface area contributed by atoms with Crippen LogP contribution in [-0.2, 0) is 10.4 Å². The number of ether oxygens (including phenoxy) is 1. The van der Waals surface area contributed by atoms with Gasteiger partial charge in [-0.2, -0.15) is 13.2 Å². The molecule has 1 heterocycles. The average Bonchev–Trinajstić information content (AvgIpc) is 2.73. The Labute approximate surface area is 184 Å². The third-order valence-corrected chi connectivity index (χ3v) is 6.84. The van der Waals surface area contributed by atoms with Gasteiger partial charge in [-0.25, -0.2) is 4.79 Å². The van der Waals surface area contributed by atoms with Crippen molar-refractivity contribution in [3.05, 3.63) is 29.8 Å². The van der Waals surface area contributed by atoms with Crippen molar-refractivity contribution in [1.82, 2.24) is 9.80 Å². The molecule has 1 unspecified atom stereocenters. The molecule has 10 heteroatoms. The topological polar surface area (TPSA) is 90.3 Å². The molecule has 2 aliphatic rings. The third kappa shape index (κ3) is 4.65. The number of carboxylic acid groups (broad SMARTS) is 1. The van der Waals surface area contributed by atoms with Crippen molar-refractivity contribution in [3.63, 3.8) is 0 Å². The van der Waals surface area contributed by atoms with Crippen molar-refractivity contribution in [1.29, 1.82) is 0 Å². The van der Waals surface area contributed by atoms with Crippen LogP contribution in [0, 0.1) is 11.8 Å². The molecule has 1 aromatic rings. The zero-order valence-electron chi connectivity index (χ0n) is 18.1. The number of rotatable bonds is 6. The van der Waals surface area contributed by atoms with Gasteiger partial charge in [0.1, 0.15) is 5.75 Å². The van der Waals surface area contributed by atoms with Gasteiger partial charge in [-0.3, -0.25) is 4.79 Å². The van der Waals surface area contributed by atoms with Gasteiger partial charge in [0.05, 0.1) is 7.11 Å². The molecule has 2 fully saturated rings. The van der Waals surface area contributed by atoms with Crippen LogP contribution in [0.2, 0.25) is 0 Å². The molecule has 1 saturated carbocycles. The van der Waals surface area contributed by atoms with Gasteiger partial charge in [-0.05, 0) is 56.1 Å². The highest BCUT2D eigenvalue weighted by Crippen LogP contribution is 2.44. The second-order valence-corrected chi connectivity index (χ2v) is 8.80. The minimum Gasteiger partial charge on any atom is -0.497 e. The molecule has 3 rings (SSSR count). The van der Waals surface area contributed by atoms with Crippen LogP contribution < -0.4 is 4.74 Å². The number of benzene rings is 1. The van der Waals surface area contributed by atoms with Gasteiger partial charge in [-0.15, -0.1) is 0 Å². The van der Waals surface area contributed by atoms with Crippen LogP contribution >= 0.6 is 0 Å². The monoisotopic (exact) mass is 458 g/mol. The van der Waals surface area contributed by atoms with E-state index in [2.05, 4.69) is 0 Å². The molecule has 1 aromatic carbocycles. The first kappa shape index (κ1) is 24.2. The Hall–Kier alpha value is -2.49. The number of methoxy groups -OCH3 is 1. The van der Waals surface area contributed by atoms with E-state index in [1.54, 1.807) is 0 Å². The van der Waals surface area contributed by atoms with Crippen molar-refractivity contribution in [2.45, 2.75) is 49.9 Å². The molecule has 1 aliphatic carbocycles. The summed E-state index contributed by atoms with van der Waals surface area (Å²) in [7, 11) is 2.59. The first-order valence-electron chi connectivity index (χ1n) is 10.7. The Bertz CT molecular complexity index is 835. The molecule has 7 nitrogen and oxygen atoms in total. The smallest absolute Gasteiger partial charge is 0.430 e. The Morgan fingerprint density at radius 1 is 1.19 bits per heavy atom. The van der Waals surface area contributed by atoms with Gasteiger partial charge in [0.15, 0.2) is 0 Å². The van der Waals surface area contributed by atoms with Crippen molar-refractivity contribution in [2.24, 2.45) is 11.8 Å². The fourth-order valence-corrected chi connectivity index (χ4v) is 4.72. The van der Waals surface area contributed by atoms with Crippen molar-refractivity contribution in [2.75, 3.05) is 27.2 Å². The van der Waals surface area contributed by atoms with E-state index < -0.39 is 29.3 Å². The number of piperidine rings is 1. The lowest BCUT2D eigenvalue weighted by Crippen LogP contribution is -2.58. The Balaban J connectivity index is 1.62. The van der Waals surface area contributed by atoms with Crippen molar-refractivity contribution >= 4 is 12.0 Å². The second kappa shape index (κ2) is 9.17. The molecule has 2 N–H and O–H groups in total. The molecule has 178 valence electrons. The highest BCUT2D eigenvalue weighted by molar-refractivity contribution is 5.87. The molecule has 0 radical (unpaired) electrons. The fraction of sp³-hybridized carbons (Fsp3) is 0.636. The summed E-state index contributed by atoms with van der Waals surface area (Å²) in [5, 5.41) is 19.6. The molecule has 1 atom stereocenters. The SMILES string of the molecule is COc1cccc(C(O)(C(=O)N(C)C2CC(CC3CCN(C(=O)O)CC3)C2)C(F)(F)F)c1. The molecule has 1 aliphatic heterocycles. The minimum absolute atomic E-state index is 0.110. The third-order valence-electron chi connectivity index (χ3n) is 6.84. The maximum Gasteiger partial charge on any atom is 0.430 e. The van der Waals surface area contributed by atoms with Crippen LogP contribution in [0.25, 0.3) is 0 Å². The maximum atomic E-state index is 13.9. The molecule has 0 bridgehead atoms. The van der Waals surface area contributed by atoms with Gasteiger partial charge < -0.3 is 24.7 Å². The first-order valence-corrected chi connectivity index (χ1v) is 10.7. The largest absolute Gasteiger partial charge is 0.497 e. The van der Waals surface area contributed by atoms with Crippen LogP contribution in [0.4, 0.5) is 18.0 Å². The second-order valence-electron chi connectivity index (χ2n) is 8.80. The number of amides is 2. The number of aliphatic hydroxyl groups is 1. The lowest BCUT2D eigenvalue weighted by atomic mass is 9.72. The number of hydrogen-bond acceptors (Lipinski definition) is 4. The molecule has 0 spiro atoms. The highest BCUT2D eigenvalue weighted by atomic mass is 19.4. The van der Waals surface area contributed by atoms with E-state index in [1.807, 2.05) is 0 Å². The molecule has 1 saturated heterocycles. The van der Waals surface area contributed by atoms with Gasteiger partial charge >= 0.3 is 12.3 Å². The number of carbonyl (C=O) groups excluding carboxylic acids is 1. The number of halogens is 3. The minimum atomic E-state index is -5.20. The van der Waals surface area contributed by atoms with E-state index in [-0.39, 0.29) is 17.7 Å². The van der Waals surface area contributed by atoms with E-state index in [0.717, 1.165) is 36.3 Å². The lowest BCUT2D eigenvalue weighted by Gasteiger charge is -2.45. The number of nitrogens with zero attached hydrogens (tertiary/aromatic N) is 2. The summed E-state index contributed by atoms with van der Waals surface area (Å²) >= 11 is 0. The quantitative estimate of drug-likeness (QED) is 0.682. The van der Waals surface area contributed by atoms with Crippen molar-refractivity contribution in [3.8, 4) is 5.75 Å². The predicted molar refractivity (Wildman–Crippen MR) is 109 cm³/mol. The Morgan fingerprint density at radius 2 is 1.81 bits per heavy atom. The highest BCUT2D eigenvalue weighted by Gasteiger charge is 2.62. The predicted octanol–water partition coefficient (Wildman–Crippen LogP) is 3.46. The van der Waals surface area contributed by atoms with E-state index in [1.165, 1.54) is 31.2 Å². The van der Waals surface area contributed by atoms with Crippen LogP contribution in [0.1, 0.15) is 37.7 Å². The van der Waals surface area contributed by atoms with Crippen LogP contribution in [0.3, 0.4) is 0 Å². The number of likely N-dealkylation sites (tertiary alicyclic amines) is 1. The summed E-state index contributed by atoms with van der Waals surface area (Å²) in [4.78, 5) is 26.3. The zero-order chi connectivity index (χ0) is 23.7. The Morgan fingerprint density at radius 3 is 2.34 bits per heavy atom. The van der Waals surface area contributed by atoms with Gasteiger partial charge in [0.25, 0.3) is 11.5 Å². The summed E-state index contributed by atoms with van der Waals surface area (Å²) < 4.78 is 46.7. The van der Waals surface area contributed by atoms with Gasteiger partial charge in [0, 0.05) is 31.7 Å². The fourth-order valence-electron chi connectivity index (χ4n) is 4.72. The van der Waals surface area contributed by atoms with E-state index >= 15 is 0 Å². The van der Waals surface area contributed by atoms with Crippen LogP contribution in [-0.4, -0.2) is 71.5 Å². The van der Waals surface area contributed by atoms with Gasteiger partial charge in [-0.1, -0.05) is 12.1 Å². The van der Waals surface area contributed by atoms with Crippen LogP contribution in [0.5, 0.6) is 5.75 Å². The van der Waals surface area contributed by atoms with E-state index in [0.29, 0.717) is 31.8 Å². The maximum absolute atomic E-state index is 13.9. The number of carbonyl (C=O) groups is 2. The lowest BCUT2D eigenvalue weighted by molar-refractivity contribution is -0.262. The van der Waals surface area contributed by atoms with E-state index in [4.69, 9.17) is 9.84 Å². The molecule has 2 amide bonds. The molecule has 0 aromatic heterocycles. The number of hydrogen-bond donors (Lipinski definition) is 2. The standard InChI is InChI=1S/C22H29F3N2O5/c1-26(17-11-15(12-17)10-14-6-8-27(9-7-14)20(29)30)19(28)21(31,22(23,24)25)16-4-3-5-18(13-16)32-2/h3-5,13-15,17,31H,6-12H2,1-2H3,(H,29,30). The summed E-state index contributed by atoms with van der Waals surface area (Å²) in [6, 6.07) is 4.44. The summed E-state index contributed by atoms with van der Waals surface area (Å²) in [6.07, 6.45) is -2.59. The van der Waals surface area contributed by atoms with Crippen molar-refractivity contribution < 1.29 is 37.7 Å². The number of likely N-dealkylation sites (N-methyl/N-ethyl adjacent to an activating group) is 1. The molecule has 32 heavy (non-hydrogen) atoms. The summed E-state index contributed by atoms with van der Waals surface area (Å²) in [5.74, 6) is -0.649. The van der Waals surface area contributed by atoms with Crippen LogP contribution in [0.15, 0.2) is 24.3 Å². The van der Waals surface area contributed by atoms with Gasteiger partial charge in [0.2, 0.25) is 0 Å². The summed E-state index contributed by atoms with van der Waals surface area (Å²) in [6.45, 7) is 0.987. The number of alkyl halides is 3. The molecular weight excluding hydrogens is 429 g/mol. The normalized spacial score (nSPS) is 23.8. The average molecular weight is 458 g/mol. The summed E-state index contributed by atoms with van der Waals surface area (Å²) in [5.41, 5.74) is -4.24. The zero-order valence-corrected chi connectivity index (χ0v) is 18.1. The van der Waals surface area contributed by atoms with E-state index in [9.17, 15) is 27.9 Å². The molecular formula is C22H29F3N2O5. The first-order chi connectivity index (χ1) is 15.0. The Kier molecular flexibility index (Phi) is 6.92.